The number of hydrogen-bond donors (Lipinski definition) is 1. The molecule has 6 heteroatoms. The van der Waals surface area contributed by atoms with Crippen LogP contribution < -0.4 is 10.1 Å². The lowest BCUT2D eigenvalue weighted by molar-refractivity contribution is 0.102. The van der Waals surface area contributed by atoms with Gasteiger partial charge in [-0.05, 0) is 52.7 Å². The van der Waals surface area contributed by atoms with Gasteiger partial charge >= 0.3 is 0 Å². The smallest absolute Gasteiger partial charge is 0.275 e. The quantitative estimate of drug-likeness (QED) is 0.842. The fourth-order valence-corrected chi connectivity index (χ4v) is 2.75. The van der Waals surface area contributed by atoms with Gasteiger partial charge in [0.2, 0.25) is 0 Å². The van der Waals surface area contributed by atoms with Crippen LogP contribution in [0.25, 0.3) is 0 Å². The zero-order valence-corrected chi connectivity index (χ0v) is 14.1. The predicted molar refractivity (Wildman–Crippen MR) is 85.3 cm³/mol. The maximum Gasteiger partial charge on any atom is 0.275 e. The minimum atomic E-state index is -0.291. The molecule has 1 aromatic carbocycles. The first kappa shape index (κ1) is 15.0. The monoisotopic (exact) mass is 398 g/mol. The molecule has 1 amide bonds. The lowest BCUT2D eigenvalue weighted by Crippen LogP contribution is -2.15. The number of amides is 1. The first-order valence-electron chi connectivity index (χ1n) is 5.79. The van der Waals surface area contributed by atoms with Crippen LogP contribution in [0.4, 0.5) is 5.69 Å². The number of nitrogens with zero attached hydrogens (tertiary/aromatic N) is 1. The van der Waals surface area contributed by atoms with Crippen LogP contribution in [-0.2, 0) is 0 Å². The van der Waals surface area contributed by atoms with Crippen molar-refractivity contribution in [2.24, 2.45) is 0 Å². The molecular weight excluding hydrogens is 388 g/mol. The Hall–Kier alpha value is -1.40. The van der Waals surface area contributed by atoms with Crippen molar-refractivity contribution < 1.29 is 9.53 Å². The number of hydrogen-bond acceptors (Lipinski definition) is 3. The van der Waals surface area contributed by atoms with Crippen molar-refractivity contribution in [3.05, 3.63) is 50.7 Å². The summed E-state index contributed by atoms with van der Waals surface area (Å²) >= 11 is 6.71. The molecule has 0 aliphatic carbocycles. The molecule has 0 bridgehead atoms. The summed E-state index contributed by atoms with van der Waals surface area (Å²) in [5, 5.41) is 2.84. The summed E-state index contributed by atoms with van der Waals surface area (Å²) in [4.78, 5) is 16.3. The predicted octanol–water partition coefficient (Wildman–Crippen LogP) is 4.18. The summed E-state index contributed by atoms with van der Waals surface area (Å²) in [6, 6.07) is 7.24. The van der Waals surface area contributed by atoms with E-state index in [-0.39, 0.29) is 5.91 Å². The van der Waals surface area contributed by atoms with Gasteiger partial charge in [0.05, 0.1) is 12.8 Å². The molecule has 0 fully saturated rings. The average molecular weight is 400 g/mol. The molecule has 1 heterocycles. The molecule has 2 aromatic rings. The summed E-state index contributed by atoms with van der Waals surface area (Å²) in [5.74, 6) is 0.304. The molecule has 20 heavy (non-hydrogen) atoms. The minimum Gasteiger partial charge on any atom is -0.495 e. The van der Waals surface area contributed by atoms with Crippen LogP contribution in [-0.4, -0.2) is 18.0 Å². The van der Waals surface area contributed by atoms with Crippen molar-refractivity contribution in [3.8, 4) is 5.75 Å². The molecular formula is C14H12Br2N2O2. The number of benzene rings is 1. The van der Waals surface area contributed by atoms with Crippen LogP contribution in [0.15, 0.2) is 39.4 Å². The van der Waals surface area contributed by atoms with Gasteiger partial charge in [-0.3, -0.25) is 4.79 Å². The van der Waals surface area contributed by atoms with E-state index in [1.165, 1.54) is 0 Å². The topological polar surface area (TPSA) is 51.2 Å². The zero-order chi connectivity index (χ0) is 14.7. The average Bonchev–Trinajstić information content (AvgIpc) is 2.41. The van der Waals surface area contributed by atoms with E-state index in [0.29, 0.717) is 21.6 Å². The van der Waals surface area contributed by atoms with E-state index in [1.807, 2.05) is 13.0 Å². The molecule has 0 unspecified atom stereocenters. The lowest BCUT2D eigenvalue weighted by atomic mass is 10.1. The van der Waals surface area contributed by atoms with Gasteiger partial charge < -0.3 is 10.1 Å². The summed E-state index contributed by atoms with van der Waals surface area (Å²) in [7, 11) is 1.56. The molecule has 0 spiro atoms. The highest BCUT2D eigenvalue weighted by atomic mass is 79.9. The van der Waals surface area contributed by atoms with Gasteiger partial charge in [-0.25, -0.2) is 4.98 Å². The highest BCUT2D eigenvalue weighted by molar-refractivity contribution is 9.10. The van der Waals surface area contributed by atoms with E-state index in [0.717, 1.165) is 10.0 Å². The highest BCUT2D eigenvalue weighted by Gasteiger charge is 2.15. The third-order valence-corrected chi connectivity index (χ3v) is 3.79. The van der Waals surface area contributed by atoms with Gasteiger partial charge in [-0.1, -0.05) is 15.9 Å². The second-order valence-corrected chi connectivity index (χ2v) is 5.86. The molecule has 0 aliphatic heterocycles. The second kappa shape index (κ2) is 6.37. The van der Waals surface area contributed by atoms with Crippen molar-refractivity contribution in [2.75, 3.05) is 12.4 Å². The van der Waals surface area contributed by atoms with Gasteiger partial charge in [0.25, 0.3) is 5.91 Å². The number of methoxy groups -OCH3 is 1. The molecule has 4 nitrogen and oxygen atoms in total. The van der Waals surface area contributed by atoms with Crippen LogP contribution in [0.5, 0.6) is 5.75 Å². The van der Waals surface area contributed by atoms with E-state index in [2.05, 4.69) is 42.2 Å². The number of carbonyl (C=O) groups is 1. The highest BCUT2D eigenvalue weighted by Crippen LogP contribution is 2.32. The van der Waals surface area contributed by atoms with Gasteiger partial charge in [0.15, 0.2) is 0 Å². The zero-order valence-electron chi connectivity index (χ0n) is 10.9. The third-order valence-electron chi connectivity index (χ3n) is 2.70. The molecule has 0 saturated heterocycles. The number of aryl methyl sites for hydroxylation is 1. The number of rotatable bonds is 3. The Kier molecular flexibility index (Phi) is 4.77. The van der Waals surface area contributed by atoms with Gasteiger partial charge in [0.1, 0.15) is 11.4 Å². The van der Waals surface area contributed by atoms with Crippen molar-refractivity contribution in [3.63, 3.8) is 0 Å². The lowest BCUT2D eigenvalue weighted by Gasteiger charge is -2.13. The fourth-order valence-electron chi connectivity index (χ4n) is 1.76. The van der Waals surface area contributed by atoms with Crippen molar-refractivity contribution in [1.29, 1.82) is 0 Å². The van der Waals surface area contributed by atoms with Crippen LogP contribution in [0.2, 0.25) is 0 Å². The Labute approximate surface area is 133 Å². The maximum atomic E-state index is 12.3. The number of nitrogens with one attached hydrogen (secondary N) is 1. The van der Waals surface area contributed by atoms with Crippen molar-refractivity contribution in [2.45, 2.75) is 6.92 Å². The van der Waals surface area contributed by atoms with E-state index < -0.39 is 0 Å². The molecule has 0 atom stereocenters. The number of ether oxygens (including phenoxy) is 1. The number of pyridine rings is 1. The number of anilines is 1. The van der Waals surface area contributed by atoms with E-state index in [4.69, 9.17) is 4.74 Å². The molecule has 0 saturated carbocycles. The van der Waals surface area contributed by atoms with Gasteiger partial charge in [0, 0.05) is 15.1 Å². The summed E-state index contributed by atoms with van der Waals surface area (Å²) in [6.45, 7) is 1.90. The van der Waals surface area contributed by atoms with Crippen LogP contribution >= 0.6 is 31.9 Å². The standard InChI is InChI=1S/C14H12Br2N2O2/c1-8-6-9(15)7-11(20-2)12(8)18-14(19)13-10(16)4-3-5-17-13/h3-7H,1-2H3,(H,18,19). The van der Waals surface area contributed by atoms with Crippen molar-refractivity contribution >= 4 is 43.5 Å². The van der Waals surface area contributed by atoms with Gasteiger partial charge in [-0.15, -0.1) is 0 Å². The van der Waals surface area contributed by atoms with Crippen molar-refractivity contribution in [1.82, 2.24) is 4.98 Å². The SMILES string of the molecule is COc1cc(Br)cc(C)c1NC(=O)c1ncccc1Br. The largest absolute Gasteiger partial charge is 0.495 e. The Morgan fingerprint density at radius 1 is 1.35 bits per heavy atom. The molecule has 0 aliphatic rings. The van der Waals surface area contributed by atoms with Gasteiger partial charge in [-0.2, -0.15) is 0 Å². The normalized spacial score (nSPS) is 10.2. The summed E-state index contributed by atoms with van der Waals surface area (Å²) in [5.41, 5.74) is 1.87. The Morgan fingerprint density at radius 2 is 2.10 bits per heavy atom. The summed E-state index contributed by atoms with van der Waals surface area (Å²) < 4.78 is 6.83. The molecule has 1 N–H and O–H groups in total. The van der Waals surface area contributed by atoms with E-state index in [9.17, 15) is 4.79 Å². The molecule has 0 radical (unpaired) electrons. The molecule has 1 aromatic heterocycles. The Bertz CT molecular complexity index is 660. The third kappa shape index (κ3) is 3.19. The van der Waals surface area contributed by atoms with Crippen LogP contribution in [0, 0.1) is 6.92 Å². The first-order chi connectivity index (χ1) is 9.52. The Morgan fingerprint density at radius 3 is 2.75 bits per heavy atom. The number of carbonyl (C=O) groups excluding carboxylic acids is 1. The fraction of sp³-hybridized carbons (Fsp3) is 0.143. The van der Waals surface area contributed by atoms with E-state index in [1.54, 1.807) is 31.5 Å². The van der Waals surface area contributed by atoms with Crippen LogP contribution in [0.1, 0.15) is 16.1 Å². The Balaban J connectivity index is 2.35. The number of halogens is 2. The van der Waals surface area contributed by atoms with Crippen LogP contribution in [0.3, 0.4) is 0 Å². The van der Waals surface area contributed by atoms with E-state index >= 15 is 0 Å². The molecule has 104 valence electrons. The summed E-state index contributed by atoms with van der Waals surface area (Å²) in [6.07, 6.45) is 1.57. The molecule has 2 rings (SSSR count). The maximum absolute atomic E-state index is 12.3. The second-order valence-electron chi connectivity index (χ2n) is 4.09. The first-order valence-corrected chi connectivity index (χ1v) is 7.37. The number of aromatic nitrogens is 1. The minimum absolute atomic E-state index is 0.291.